The summed E-state index contributed by atoms with van der Waals surface area (Å²) < 4.78 is 22.9. The average Bonchev–Trinajstić information content (AvgIpc) is 3.06. The van der Waals surface area contributed by atoms with Gasteiger partial charge in [-0.25, -0.2) is 0 Å². The lowest BCUT2D eigenvalue weighted by atomic mass is 9.99. The van der Waals surface area contributed by atoms with Crippen molar-refractivity contribution in [1.29, 1.82) is 0 Å². The lowest BCUT2D eigenvalue weighted by Crippen LogP contribution is -3.14. The molecule has 1 fully saturated rings. The maximum atomic E-state index is 13.7. The van der Waals surface area contributed by atoms with Crippen molar-refractivity contribution in [2.24, 2.45) is 0 Å². The molecule has 47 heavy (non-hydrogen) atoms. The second-order valence-corrected chi connectivity index (χ2v) is 13.7. The molecule has 8 nitrogen and oxygen atoms in total. The number of fused-ring (bicyclic) bond motifs is 1. The van der Waals surface area contributed by atoms with Crippen LogP contribution < -0.4 is 24.0 Å². The van der Waals surface area contributed by atoms with Gasteiger partial charge in [0.15, 0.2) is 16.4 Å². The number of methoxy groups -OCH3 is 3. The summed E-state index contributed by atoms with van der Waals surface area (Å²) in [4.78, 5) is 5.59. The minimum Gasteiger partial charge on any atom is -0.633 e. The molecule has 3 unspecified atom stereocenters. The number of quaternary nitrogens is 1. The number of piperazine rings is 1. The third-order valence-electron chi connectivity index (χ3n) is 9.24. The van der Waals surface area contributed by atoms with Crippen molar-refractivity contribution in [3.63, 3.8) is 0 Å². The van der Waals surface area contributed by atoms with Crippen LogP contribution >= 0.6 is 36.6 Å². The molecule has 0 radical (unpaired) electrons. The molecule has 5 rings (SSSR count). The van der Waals surface area contributed by atoms with E-state index in [4.69, 9.17) is 18.9 Å². The molecule has 0 amide bonds. The first-order valence-electron chi connectivity index (χ1n) is 16.1. The van der Waals surface area contributed by atoms with Crippen molar-refractivity contribution in [2.45, 2.75) is 55.8 Å². The van der Waals surface area contributed by atoms with Crippen LogP contribution in [0.3, 0.4) is 0 Å². The zero-order chi connectivity index (χ0) is 32.0. The Balaban J connectivity index is 0.00000300. The summed E-state index contributed by atoms with van der Waals surface area (Å²) in [5.74, 6) is 2.87. The quantitative estimate of drug-likeness (QED) is 0.164. The average molecular weight is 709 g/mol. The van der Waals surface area contributed by atoms with Gasteiger partial charge in [-0.05, 0) is 75.5 Å². The lowest BCUT2D eigenvalue weighted by Gasteiger charge is -2.48. The van der Waals surface area contributed by atoms with Gasteiger partial charge in [-0.15, -0.1) is 24.8 Å². The fraction of sp³-hybridized carbons (Fsp3) is 0.500. The Morgan fingerprint density at radius 1 is 0.851 bits per heavy atom. The number of hydrogen-bond donors (Lipinski definition) is 1. The van der Waals surface area contributed by atoms with Crippen LogP contribution in [0, 0.1) is 12.1 Å². The molecule has 11 heteroatoms. The summed E-state index contributed by atoms with van der Waals surface area (Å²) in [6.45, 7) is 13.2. The zero-order valence-corrected chi connectivity index (χ0v) is 31.0. The van der Waals surface area contributed by atoms with Gasteiger partial charge in [0.25, 0.3) is 0 Å². The first kappa shape index (κ1) is 39.1. The molecule has 0 bridgehead atoms. The Morgan fingerprint density at radius 2 is 1.49 bits per heavy atom. The van der Waals surface area contributed by atoms with Crippen LogP contribution in [0.25, 0.3) is 0 Å². The molecule has 0 aromatic heterocycles. The van der Waals surface area contributed by atoms with Crippen LogP contribution in [0.4, 0.5) is 0 Å². The number of aryl methyl sites for hydroxylation is 1. The highest BCUT2D eigenvalue weighted by atomic mass is 35.5. The molecular weight excluding hydrogens is 657 g/mol. The van der Waals surface area contributed by atoms with Crippen LogP contribution in [0.1, 0.15) is 55.0 Å². The molecule has 2 aliphatic rings. The van der Waals surface area contributed by atoms with Gasteiger partial charge in [-0.3, -0.25) is 0 Å². The van der Waals surface area contributed by atoms with E-state index in [1.807, 2.05) is 31.2 Å². The van der Waals surface area contributed by atoms with Gasteiger partial charge >= 0.3 is 0 Å². The lowest BCUT2D eigenvalue weighted by molar-refractivity contribution is -0.923. The summed E-state index contributed by atoms with van der Waals surface area (Å²) in [7, 11) is 4.95. The molecule has 2 aliphatic heterocycles. The SMILES string of the molecule is COc1cc(CCN2CCN(CCCCOc3ccc(C)cc3C3(C)Sc4ccccc4C(C)[NH+]3[O-])CC2)cc(OC)c1OC.Cl.Cl. The summed E-state index contributed by atoms with van der Waals surface area (Å²) in [5.41, 5.74) is 4.44. The van der Waals surface area contributed by atoms with Gasteiger partial charge in [0, 0.05) is 50.1 Å². The van der Waals surface area contributed by atoms with E-state index in [2.05, 4.69) is 54.0 Å². The molecule has 2 heterocycles. The Labute approximate surface area is 297 Å². The molecule has 1 saturated heterocycles. The molecule has 0 aliphatic carbocycles. The smallest absolute Gasteiger partial charge is 0.203 e. The highest BCUT2D eigenvalue weighted by molar-refractivity contribution is 8.00. The number of nitrogens with zero attached hydrogens (tertiary/aromatic N) is 2. The van der Waals surface area contributed by atoms with Gasteiger partial charge in [-0.2, -0.15) is 0 Å². The van der Waals surface area contributed by atoms with E-state index >= 15 is 0 Å². The number of unbranched alkanes of at least 4 members (excludes halogenated alkanes) is 1. The summed E-state index contributed by atoms with van der Waals surface area (Å²) in [6, 6.07) is 18.5. The van der Waals surface area contributed by atoms with E-state index in [1.165, 1.54) is 10.5 Å². The van der Waals surface area contributed by atoms with Crippen molar-refractivity contribution >= 4 is 36.6 Å². The molecular formula is C36H51Cl2N3O5S. The number of nitrogens with one attached hydrogen (secondary N) is 1. The molecule has 3 aromatic rings. The van der Waals surface area contributed by atoms with E-state index in [0.717, 1.165) is 81.0 Å². The Morgan fingerprint density at radius 3 is 2.13 bits per heavy atom. The van der Waals surface area contributed by atoms with Crippen LogP contribution in [-0.2, 0) is 11.3 Å². The summed E-state index contributed by atoms with van der Waals surface area (Å²) >= 11 is 1.66. The van der Waals surface area contributed by atoms with Crippen LogP contribution in [0.2, 0.25) is 0 Å². The first-order chi connectivity index (χ1) is 21.8. The van der Waals surface area contributed by atoms with Gasteiger partial charge in [-0.1, -0.05) is 41.6 Å². The van der Waals surface area contributed by atoms with Crippen LogP contribution in [0.5, 0.6) is 23.0 Å². The van der Waals surface area contributed by atoms with E-state index in [9.17, 15) is 5.21 Å². The standard InChI is InChI=1S/C36H49N3O5S.2ClH/c1-26-13-14-31(30(23-26)36(3)39(40)27(2)29-11-7-8-12-34(29)45-36)44-22-10-9-16-37-18-20-38(21-19-37)17-15-28-24-32(41-4)35(43-6)33(25-28)42-5;;/h7-8,11-14,23-25,27,39H,9-10,15-22H2,1-6H3;2*1H. The second kappa shape index (κ2) is 17.9. The van der Waals surface area contributed by atoms with Crippen molar-refractivity contribution in [2.75, 3.05) is 67.2 Å². The highest BCUT2D eigenvalue weighted by Crippen LogP contribution is 2.46. The minimum atomic E-state index is -0.680. The van der Waals surface area contributed by atoms with Crippen molar-refractivity contribution in [3.8, 4) is 23.0 Å². The Kier molecular flexibility index (Phi) is 14.8. The minimum absolute atomic E-state index is 0. The maximum Gasteiger partial charge on any atom is 0.203 e. The Hall–Kier alpha value is -2.37. The van der Waals surface area contributed by atoms with Crippen LogP contribution in [-0.4, -0.2) is 77.0 Å². The third kappa shape index (κ3) is 9.01. The Bertz CT molecular complexity index is 1420. The van der Waals surface area contributed by atoms with E-state index in [-0.39, 0.29) is 35.9 Å². The number of benzene rings is 3. The highest BCUT2D eigenvalue weighted by Gasteiger charge is 2.45. The molecule has 3 atom stereocenters. The largest absolute Gasteiger partial charge is 0.633 e. The number of thioether (sulfide) groups is 1. The van der Waals surface area contributed by atoms with Crippen molar-refractivity contribution < 1.29 is 24.0 Å². The predicted octanol–water partition coefficient (Wildman–Crippen LogP) is 6.31. The topological polar surface area (TPSA) is 70.9 Å². The fourth-order valence-electron chi connectivity index (χ4n) is 6.51. The summed E-state index contributed by atoms with van der Waals surface area (Å²) in [6.07, 6.45) is 3.00. The fourth-order valence-corrected chi connectivity index (χ4v) is 8.00. The van der Waals surface area contributed by atoms with E-state index in [0.29, 0.717) is 23.9 Å². The number of halogens is 2. The molecule has 3 aromatic carbocycles. The first-order valence-corrected chi connectivity index (χ1v) is 16.9. The van der Waals surface area contributed by atoms with E-state index in [1.54, 1.807) is 33.1 Å². The molecule has 0 spiro atoms. The number of rotatable bonds is 13. The van der Waals surface area contributed by atoms with Crippen molar-refractivity contribution in [1.82, 2.24) is 9.80 Å². The van der Waals surface area contributed by atoms with Crippen molar-refractivity contribution in [3.05, 3.63) is 82.1 Å². The summed E-state index contributed by atoms with van der Waals surface area (Å²) in [5, 5.41) is 14.0. The second-order valence-electron chi connectivity index (χ2n) is 12.3. The van der Waals surface area contributed by atoms with E-state index < -0.39 is 4.87 Å². The molecule has 0 saturated carbocycles. The predicted molar refractivity (Wildman–Crippen MR) is 195 cm³/mol. The van der Waals surface area contributed by atoms with Gasteiger partial charge in [0.2, 0.25) is 5.75 Å². The van der Waals surface area contributed by atoms with Gasteiger partial charge < -0.3 is 39.0 Å². The van der Waals surface area contributed by atoms with Gasteiger partial charge in [0.05, 0.1) is 33.5 Å². The normalized spacial score (nSPS) is 21.2. The number of hydrogen-bond acceptors (Lipinski definition) is 8. The monoisotopic (exact) mass is 707 g/mol. The molecule has 1 N–H and O–H groups in total. The number of ether oxygens (including phenoxy) is 4. The van der Waals surface area contributed by atoms with Crippen LogP contribution in [0.15, 0.2) is 59.5 Å². The van der Waals surface area contributed by atoms with Gasteiger partial charge in [0.1, 0.15) is 11.8 Å². The number of hydroxylamine groups is 2. The molecule has 260 valence electrons. The third-order valence-corrected chi connectivity index (χ3v) is 10.7. The maximum absolute atomic E-state index is 13.7. The zero-order valence-electron chi connectivity index (χ0n) is 28.5.